The van der Waals surface area contributed by atoms with Gasteiger partial charge in [-0.1, -0.05) is 21.8 Å². The Morgan fingerprint density at radius 1 is 1.45 bits per heavy atom. The third-order valence-corrected chi connectivity index (χ3v) is 2.17. The Kier molecular flexibility index (Phi) is 2.80. The number of aromatic nitrogens is 1. The molecule has 1 aromatic carbocycles. The number of hydrogen-bond donors (Lipinski definition) is 0. The molecule has 0 aliphatic rings. The molecule has 3 heteroatoms. The van der Waals surface area contributed by atoms with Crippen molar-refractivity contribution in [3.8, 4) is 0 Å². The Morgan fingerprint density at radius 3 is 3.09 bits per heavy atom. The van der Waals surface area contributed by atoms with E-state index in [0.29, 0.717) is 0 Å². The number of nitrogens with zero attached hydrogens (tertiary/aromatic N) is 1. The van der Waals surface area contributed by atoms with E-state index in [9.17, 15) is 0 Å². The molecular weight excluding hydrogens is 326 g/mol. The van der Waals surface area contributed by atoms with Crippen LogP contribution in [-0.2, 0) is 21.1 Å². The summed E-state index contributed by atoms with van der Waals surface area (Å²) in [6, 6.07) is 6.22. The molecular formula is C8H6NSW-. The molecule has 2 rings (SSSR count). The van der Waals surface area contributed by atoms with Crippen LogP contribution in [0.2, 0.25) is 0 Å². The topological polar surface area (TPSA) is 12.9 Å². The van der Waals surface area contributed by atoms with Gasteiger partial charge in [-0.25, -0.2) is 0 Å². The molecule has 1 aromatic heterocycles. The van der Waals surface area contributed by atoms with Gasteiger partial charge in [-0.2, -0.15) is 0 Å². The number of rotatable bonds is 0. The predicted octanol–water partition coefficient (Wildman–Crippen LogP) is 2.40. The zero-order valence-corrected chi connectivity index (χ0v) is 9.75. The molecule has 0 amide bonds. The van der Waals surface area contributed by atoms with Gasteiger partial charge in [0.2, 0.25) is 0 Å². The van der Waals surface area contributed by atoms with Gasteiger partial charge in [0.05, 0.1) is 0 Å². The Hall–Kier alpha value is -0.202. The zero-order chi connectivity index (χ0) is 6.97. The second kappa shape index (κ2) is 3.46. The van der Waals surface area contributed by atoms with Crippen LogP contribution in [0.25, 0.3) is 10.2 Å². The number of hydrogen-bond acceptors (Lipinski definition) is 2. The van der Waals surface area contributed by atoms with Gasteiger partial charge in [0, 0.05) is 21.1 Å². The third-order valence-electron chi connectivity index (χ3n) is 1.44. The minimum absolute atomic E-state index is 0. The molecule has 2 aromatic rings. The van der Waals surface area contributed by atoms with E-state index >= 15 is 0 Å². The van der Waals surface area contributed by atoms with Crippen molar-refractivity contribution < 1.29 is 21.1 Å². The molecule has 11 heavy (non-hydrogen) atoms. The zero-order valence-electron chi connectivity index (χ0n) is 6.00. The van der Waals surface area contributed by atoms with E-state index in [2.05, 4.69) is 29.6 Å². The van der Waals surface area contributed by atoms with Crippen LogP contribution in [0.15, 0.2) is 18.2 Å². The Labute approximate surface area is 83.7 Å². The van der Waals surface area contributed by atoms with Crippen LogP contribution in [-0.4, -0.2) is 4.98 Å². The SMILES string of the molecule is Cc1ccc2n[c-]sc2c1.[W]. The average molecular weight is 332 g/mol. The van der Waals surface area contributed by atoms with E-state index in [1.165, 1.54) is 10.3 Å². The second-order valence-electron chi connectivity index (χ2n) is 2.28. The number of fused-ring (bicyclic) bond motifs is 1. The van der Waals surface area contributed by atoms with Crippen LogP contribution in [0.5, 0.6) is 0 Å². The van der Waals surface area contributed by atoms with Crippen molar-refractivity contribution in [1.82, 2.24) is 4.98 Å². The molecule has 0 spiro atoms. The predicted molar refractivity (Wildman–Crippen MR) is 43.2 cm³/mol. The van der Waals surface area contributed by atoms with Gasteiger partial charge in [0.25, 0.3) is 0 Å². The molecule has 0 fully saturated rings. The van der Waals surface area contributed by atoms with Crippen LogP contribution >= 0.6 is 11.3 Å². The number of thiazole rings is 1. The standard InChI is InChI=1S/C8H6NS.W/c1-6-2-3-7-8(4-6)10-5-9-7;/h2-4H,1H3;/q-1;. The van der Waals surface area contributed by atoms with E-state index in [1.807, 2.05) is 6.07 Å². The van der Waals surface area contributed by atoms with Gasteiger partial charge in [-0.15, -0.1) is 12.1 Å². The van der Waals surface area contributed by atoms with Gasteiger partial charge >= 0.3 is 0 Å². The molecule has 56 valence electrons. The van der Waals surface area contributed by atoms with Gasteiger partial charge < -0.3 is 4.98 Å². The minimum atomic E-state index is 0. The number of aryl methyl sites for hydroxylation is 1. The van der Waals surface area contributed by atoms with Crippen molar-refractivity contribution in [2.75, 3.05) is 0 Å². The average Bonchev–Trinajstić information content (AvgIpc) is 2.33. The summed E-state index contributed by atoms with van der Waals surface area (Å²) in [6.07, 6.45) is 0. The number of benzene rings is 1. The van der Waals surface area contributed by atoms with Crippen molar-refractivity contribution in [3.63, 3.8) is 0 Å². The van der Waals surface area contributed by atoms with Crippen molar-refractivity contribution >= 4 is 21.6 Å². The molecule has 0 saturated carbocycles. The van der Waals surface area contributed by atoms with Crippen LogP contribution in [0.3, 0.4) is 0 Å². The van der Waals surface area contributed by atoms with Crippen molar-refractivity contribution in [2.45, 2.75) is 6.92 Å². The fourth-order valence-electron chi connectivity index (χ4n) is 0.917. The molecule has 1 nitrogen and oxygen atoms in total. The molecule has 0 atom stereocenters. The summed E-state index contributed by atoms with van der Waals surface area (Å²) in [5, 5.41) is 0. The van der Waals surface area contributed by atoms with Crippen LogP contribution in [0, 0.1) is 12.4 Å². The maximum Gasteiger partial charge on any atom is 0 e. The first kappa shape index (κ1) is 8.89. The summed E-state index contributed by atoms with van der Waals surface area (Å²) in [4.78, 5) is 4.05. The molecule has 0 aliphatic carbocycles. The molecule has 0 aliphatic heterocycles. The fraction of sp³-hybridized carbons (Fsp3) is 0.125. The summed E-state index contributed by atoms with van der Waals surface area (Å²) >= 11 is 1.57. The minimum Gasteiger partial charge on any atom is -0.386 e. The van der Waals surface area contributed by atoms with Crippen molar-refractivity contribution in [2.24, 2.45) is 0 Å². The van der Waals surface area contributed by atoms with Crippen LogP contribution in [0.4, 0.5) is 0 Å². The summed E-state index contributed by atoms with van der Waals surface area (Å²) in [6.45, 7) is 2.08. The van der Waals surface area contributed by atoms with Gasteiger partial charge in [0.1, 0.15) is 0 Å². The molecule has 0 N–H and O–H groups in total. The third kappa shape index (κ3) is 1.69. The van der Waals surface area contributed by atoms with E-state index in [4.69, 9.17) is 0 Å². The van der Waals surface area contributed by atoms with Crippen molar-refractivity contribution in [3.05, 3.63) is 29.3 Å². The summed E-state index contributed by atoms with van der Waals surface area (Å²) in [5.74, 6) is 0. The normalized spacial score (nSPS) is 9.55. The Morgan fingerprint density at radius 2 is 2.27 bits per heavy atom. The molecule has 0 saturated heterocycles. The van der Waals surface area contributed by atoms with E-state index in [1.54, 1.807) is 11.3 Å². The summed E-state index contributed by atoms with van der Waals surface area (Å²) < 4.78 is 1.22. The van der Waals surface area contributed by atoms with Gasteiger partial charge in [0.15, 0.2) is 0 Å². The molecule has 0 unspecified atom stereocenters. The smallest absolute Gasteiger partial charge is 0 e. The monoisotopic (exact) mass is 332 g/mol. The maximum absolute atomic E-state index is 4.05. The Bertz CT molecular complexity index is 356. The maximum atomic E-state index is 4.05. The van der Waals surface area contributed by atoms with Gasteiger partial charge in [-0.3, -0.25) is 11.3 Å². The van der Waals surface area contributed by atoms with Gasteiger partial charge in [-0.05, 0) is 12.4 Å². The van der Waals surface area contributed by atoms with E-state index in [0.717, 1.165) is 5.52 Å². The summed E-state index contributed by atoms with van der Waals surface area (Å²) in [5.41, 5.74) is 5.19. The summed E-state index contributed by atoms with van der Waals surface area (Å²) in [7, 11) is 0. The quantitative estimate of drug-likeness (QED) is 0.675. The Balaban J connectivity index is 0.000000605. The first-order valence-corrected chi connectivity index (χ1v) is 3.91. The van der Waals surface area contributed by atoms with Crippen LogP contribution in [0.1, 0.15) is 5.56 Å². The fourth-order valence-corrected chi connectivity index (χ4v) is 1.62. The van der Waals surface area contributed by atoms with E-state index in [-0.39, 0.29) is 21.1 Å². The first-order chi connectivity index (χ1) is 4.86. The van der Waals surface area contributed by atoms with Crippen LogP contribution < -0.4 is 0 Å². The molecule has 1 heterocycles. The van der Waals surface area contributed by atoms with E-state index < -0.39 is 0 Å². The van der Waals surface area contributed by atoms with Crippen molar-refractivity contribution in [1.29, 1.82) is 0 Å². The second-order valence-corrected chi connectivity index (χ2v) is 3.10. The largest absolute Gasteiger partial charge is 0.386 e. The molecule has 0 radical (unpaired) electrons. The first-order valence-electron chi connectivity index (χ1n) is 3.09. The molecule has 0 bridgehead atoms.